The molecule has 0 spiro atoms. The number of likely N-dealkylation sites (tertiary alicyclic amines) is 1. The number of nitrogens with one attached hydrogen (secondary N) is 1. The molecule has 1 heterocycles. The Morgan fingerprint density at radius 3 is 2.52 bits per heavy atom. The molecule has 0 aliphatic carbocycles. The zero-order chi connectivity index (χ0) is 19.1. The minimum Gasteiger partial charge on any atom is -0.497 e. The van der Waals surface area contributed by atoms with Gasteiger partial charge in [-0.2, -0.15) is 0 Å². The van der Waals surface area contributed by atoms with Gasteiger partial charge in [0.15, 0.2) is 0 Å². The summed E-state index contributed by atoms with van der Waals surface area (Å²) in [6.45, 7) is 1.20. The Balaban J connectivity index is 1.46. The lowest BCUT2D eigenvalue weighted by Crippen LogP contribution is -2.45. The fraction of sp³-hybridized carbons (Fsp3) is 0.333. The molecule has 2 amide bonds. The fourth-order valence-electron chi connectivity index (χ4n) is 3.12. The first kappa shape index (κ1) is 18.8. The van der Waals surface area contributed by atoms with E-state index < -0.39 is 6.04 Å². The molecule has 2 aromatic carbocycles. The standard InChI is InChI=1S/C21H24N2O4/c1-26-17-7-9-18(10-8-17)27-14-13-22-21(25)19-11-12-20(24)23(19)15-16-5-3-2-4-6-16/h2-10,19H,11-15H2,1H3,(H,22,25). The number of methoxy groups -OCH3 is 1. The van der Waals surface area contributed by atoms with Gasteiger partial charge >= 0.3 is 0 Å². The van der Waals surface area contributed by atoms with Gasteiger partial charge in [-0.15, -0.1) is 0 Å². The van der Waals surface area contributed by atoms with Crippen LogP contribution in [-0.2, 0) is 16.1 Å². The van der Waals surface area contributed by atoms with Gasteiger partial charge in [-0.05, 0) is 36.2 Å². The van der Waals surface area contributed by atoms with E-state index in [9.17, 15) is 9.59 Å². The van der Waals surface area contributed by atoms with Gasteiger partial charge in [0.05, 0.1) is 13.7 Å². The summed E-state index contributed by atoms with van der Waals surface area (Å²) in [6, 6.07) is 16.6. The van der Waals surface area contributed by atoms with Crippen molar-refractivity contribution < 1.29 is 19.1 Å². The first-order valence-electron chi connectivity index (χ1n) is 9.05. The van der Waals surface area contributed by atoms with Crippen molar-refractivity contribution in [2.24, 2.45) is 0 Å². The highest BCUT2D eigenvalue weighted by Crippen LogP contribution is 2.21. The number of amides is 2. The fourth-order valence-corrected chi connectivity index (χ4v) is 3.12. The van der Waals surface area contributed by atoms with Crippen molar-refractivity contribution in [1.29, 1.82) is 0 Å². The van der Waals surface area contributed by atoms with Crippen molar-refractivity contribution in [3.63, 3.8) is 0 Å². The lowest BCUT2D eigenvalue weighted by molar-refractivity contribution is -0.135. The number of hydrogen-bond donors (Lipinski definition) is 1. The molecule has 0 saturated carbocycles. The largest absolute Gasteiger partial charge is 0.497 e. The summed E-state index contributed by atoms with van der Waals surface area (Å²) in [6.07, 6.45) is 0.962. The van der Waals surface area contributed by atoms with Crippen LogP contribution in [0.4, 0.5) is 0 Å². The van der Waals surface area contributed by atoms with Crippen molar-refractivity contribution in [3.05, 3.63) is 60.2 Å². The van der Waals surface area contributed by atoms with Crippen LogP contribution in [0.25, 0.3) is 0 Å². The zero-order valence-corrected chi connectivity index (χ0v) is 15.4. The molecule has 0 radical (unpaired) electrons. The Kier molecular flexibility index (Phi) is 6.30. The first-order valence-corrected chi connectivity index (χ1v) is 9.05. The maximum absolute atomic E-state index is 12.5. The van der Waals surface area contributed by atoms with Crippen LogP contribution in [0.15, 0.2) is 54.6 Å². The predicted octanol–water partition coefficient (Wildman–Crippen LogP) is 2.38. The quantitative estimate of drug-likeness (QED) is 0.727. The molecule has 1 atom stereocenters. The van der Waals surface area contributed by atoms with Gasteiger partial charge < -0.3 is 19.7 Å². The first-order chi connectivity index (χ1) is 13.2. The Labute approximate surface area is 159 Å². The second-order valence-electron chi connectivity index (χ2n) is 6.38. The molecule has 1 N–H and O–H groups in total. The number of ether oxygens (including phenoxy) is 2. The van der Waals surface area contributed by atoms with Crippen LogP contribution in [0.1, 0.15) is 18.4 Å². The summed E-state index contributed by atoms with van der Waals surface area (Å²) < 4.78 is 10.7. The number of nitrogens with zero attached hydrogens (tertiary/aromatic N) is 1. The van der Waals surface area contributed by atoms with Crippen LogP contribution in [0.5, 0.6) is 11.5 Å². The highest BCUT2D eigenvalue weighted by Gasteiger charge is 2.35. The van der Waals surface area contributed by atoms with Gasteiger partial charge in [0, 0.05) is 13.0 Å². The molecule has 0 aromatic heterocycles. The van der Waals surface area contributed by atoms with Crippen LogP contribution in [0.2, 0.25) is 0 Å². The summed E-state index contributed by atoms with van der Waals surface area (Å²) in [5, 5.41) is 2.87. The molecule has 1 aliphatic heterocycles. The van der Waals surface area contributed by atoms with Gasteiger partial charge in [0.2, 0.25) is 11.8 Å². The summed E-state index contributed by atoms with van der Waals surface area (Å²) in [5.74, 6) is 1.37. The second-order valence-corrected chi connectivity index (χ2v) is 6.38. The maximum Gasteiger partial charge on any atom is 0.242 e. The Morgan fingerprint density at radius 2 is 1.81 bits per heavy atom. The molecule has 27 heavy (non-hydrogen) atoms. The number of hydrogen-bond acceptors (Lipinski definition) is 4. The lowest BCUT2D eigenvalue weighted by Gasteiger charge is -2.24. The van der Waals surface area contributed by atoms with Gasteiger partial charge in [0.1, 0.15) is 24.1 Å². The molecule has 2 aromatic rings. The highest BCUT2D eigenvalue weighted by molar-refractivity contribution is 5.90. The van der Waals surface area contributed by atoms with E-state index in [4.69, 9.17) is 9.47 Å². The SMILES string of the molecule is COc1ccc(OCCNC(=O)C2CCC(=O)N2Cc2ccccc2)cc1. The van der Waals surface area contributed by atoms with Crippen molar-refractivity contribution in [2.45, 2.75) is 25.4 Å². The maximum atomic E-state index is 12.5. The number of carbonyl (C=O) groups excluding carboxylic acids is 2. The van der Waals surface area contributed by atoms with Crippen molar-refractivity contribution in [1.82, 2.24) is 10.2 Å². The minimum atomic E-state index is -0.418. The third kappa shape index (κ3) is 5.00. The zero-order valence-electron chi connectivity index (χ0n) is 15.4. The highest BCUT2D eigenvalue weighted by atomic mass is 16.5. The normalized spacial score (nSPS) is 16.3. The van der Waals surface area contributed by atoms with E-state index in [0.717, 1.165) is 11.3 Å². The van der Waals surface area contributed by atoms with Crippen molar-refractivity contribution >= 4 is 11.8 Å². The lowest BCUT2D eigenvalue weighted by atomic mass is 10.1. The summed E-state index contributed by atoms with van der Waals surface area (Å²) in [7, 11) is 1.61. The van der Waals surface area contributed by atoms with Crippen LogP contribution in [0.3, 0.4) is 0 Å². The van der Waals surface area contributed by atoms with E-state index in [1.54, 1.807) is 12.0 Å². The average Bonchev–Trinajstić information content (AvgIpc) is 3.07. The number of rotatable bonds is 8. The van der Waals surface area contributed by atoms with E-state index in [0.29, 0.717) is 38.3 Å². The van der Waals surface area contributed by atoms with Crippen LogP contribution in [-0.4, -0.2) is 43.0 Å². The molecule has 6 nitrogen and oxygen atoms in total. The third-order valence-corrected chi connectivity index (χ3v) is 4.56. The molecular weight excluding hydrogens is 344 g/mol. The monoisotopic (exact) mass is 368 g/mol. The Hall–Kier alpha value is -3.02. The molecule has 3 rings (SSSR count). The summed E-state index contributed by atoms with van der Waals surface area (Å²) >= 11 is 0. The summed E-state index contributed by atoms with van der Waals surface area (Å²) in [5.41, 5.74) is 1.02. The van der Waals surface area contributed by atoms with Crippen LogP contribution < -0.4 is 14.8 Å². The van der Waals surface area contributed by atoms with Gasteiger partial charge in [-0.1, -0.05) is 30.3 Å². The smallest absolute Gasteiger partial charge is 0.242 e. The van der Waals surface area contributed by atoms with Crippen molar-refractivity contribution in [2.75, 3.05) is 20.3 Å². The van der Waals surface area contributed by atoms with Crippen LogP contribution >= 0.6 is 0 Å². The van der Waals surface area contributed by atoms with Crippen molar-refractivity contribution in [3.8, 4) is 11.5 Å². The molecule has 1 aliphatic rings. The molecule has 1 unspecified atom stereocenters. The van der Waals surface area contributed by atoms with E-state index in [1.165, 1.54) is 0 Å². The molecule has 1 fully saturated rings. The van der Waals surface area contributed by atoms with E-state index >= 15 is 0 Å². The minimum absolute atomic E-state index is 0.0217. The Morgan fingerprint density at radius 1 is 1.11 bits per heavy atom. The van der Waals surface area contributed by atoms with Gasteiger partial charge in [-0.25, -0.2) is 0 Å². The molecular formula is C21H24N2O4. The van der Waals surface area contributed by atoms with E-state index in [-0.39, 0.29) is 11.8 Å². The molecule has 6 heteroatoms. The Bertz CT molecular complexity index is 762. The molecule has 142 valence electrons. The third-order valence-electron chi connectivity index (χ3n) is 4.56. The second kappa shape index (κ2) is 9.07. The van der Waals surface area contributed by atoms with Gasteiger partial charge in [0.25, 0.3) is 0 Å². The van der Waals surface area contributed by atoms with E-state index in [2.05, 4.69) is 5.32 Å². The van der Waals surface area contributed by atoms with Crippen LogP contribution in [0, 0.1) is 0 Å². The molecule has 0 bridgehead atoms. The molecule has 1 saturated heterocycles. The average molecular weight is 368 g/mol. The van der Waals surface area contributed by atoms with Gasteiger partial charge in [-0.3, -0.25) is 9.59 Å². The predicted molar refractivity (Wildman–Crippen MR) is 102 cm³/mol. The summed E-state index contributed by atoms with van der Waals surface area (Å²) in [4.78, 5) is 26.3. The topological polar surface area (TPSA) is 67.9 Å². The number of carbonyl (C=O) groups is 2. The number of benzene rings is 2. The van der Waals surface area contributed by atoms with E-state index in [1.807, 2.05) is 54.6 Å².